The molecule has 0 saturated heterocycles. The lowest BCUT2D eigenvalue weighted by Crippen LogP contribution is -2.26. The minimum atomic E-state index is -0.0214. The molecular weight excluding hydrogens is 214 g/mol. The van der Waals surface area contributed by atoms with Crippen molar-refractivity contribution in [2.24, 2.45) is 0 Å². The minimum Gasteiger partial charge on any atom is -0.496 e. The largest absolute Gasteiger partial charge is 0.496 e. The molecule has 3 nitrogen and oxygen atoms in total. The Morgan fingerprint density at radius 2 is 2.12 bits per heavy atom. The van der Waals surface area contributed by atoms with Crippen LogP contribution in [0, 0.1) is 0 Å². The van der Waals surface area contributed by atoms with Crippen molar-refractivity contribution in [2.75, 3.05) is 7.11 Å². The first-order chi connectivity index (χ1) is 8.11. The van der Waals surface area contributed by atoms with E-state index >= 15 is 0 Å². The van der Waals surface area contributed by atoms with Crippen molar-refractivity contribution in [3.8, 4) is 5.75 Å². The predicted molar refractivity (Wildman–Crippen MR) is 67.6 cm³/mol. The fourth-order valence-electron chi connectivity index (χ4n) is 1.75. The summed E-state index contributed by atoms with van der Waals surface area (Å²) in [5, 5.41) is 2.99. The molecular formula is C14H19NO2. The summed E-state index contributed by atoms with van der Waals surface area (Å²) in [4.78, 5) is 12.1. The molecule has 0 heterocycles. The second kappa shape index (κ2) is 4.78. The average molecular weight is 233 g/mol. The van der Waals surface area contributed by atoms with Gasteiger partial charge in [-0.25, -0.2) is 0 Å². The molecule has 1 aliphatic carbocycles. The van der Waals surface area contributed by atoms with Crippen LogP contribution < -0.4 is 10.1 Å². The zero-order chi connectivity index (χ0) is 12.4. The maximum Gasteiger partial charge on any atom is 0.255 e. The number of benzene rings is 1. The van der Waals surface area contributed by atoms with Crippen molar-refractivity contribution in [2.45, 2.75) is 38.6 Å². The van der Waals surface area contributed by atoms with Gasteiger partial charge >= 0.3 is 0 Å². The predicted octanol–water partition coefficient (Wildman–Crippen LogP) is 2.71. The Kier molecular flexibility index (Phi) is 3.36. The highest BCUT2D eigenvalue weighted by Crippen LogP contribution is 2.26. The van der Waals surface area contributed by atoms with Gasteiger partial charge in [-0.3, -0.25) is 4.79 Å². The van der Waals surface area contributed by atoms with Crippen molar-refractivity contribution in [3.05, 3.63) is 29.3 Å². The number of hydrogen-bond acceptors (Lipinski definition) is 2. The van der Waals surface area contributed by atoms with E-state index < -0.39 is 0 Å². The number of carbonyl (C=O) groups is 1. The molecule has 17 heavy (non-hydrogen) atoms. The molecule has 0 bridgehead atoms. The van der Waals surface area contributed by atoms with Gasteiger partial charge in [0, 0.05) is 6.04 Å². The van der Waals surface area contributed by atoms with Gasteiger partial charge in [0.15, 0.2) is 0 Å². The third-order valence-electron chi connectivity index (χ3n) is 3.05. The van der Waals surface area contributed by atoms with Crippen LogP contribution in [0.1, 0.15) is 48.5 Å². The van der Waals surface area contributed by atoms with Gasteiger partial charge in [-0.2, -0.15) is 0 Å². The molecule has 0 unspecified atom stereocenters. The monoisotopic (exact) mass is 233 g/mol. The van der Waals surface area contributed by atoms with Gasteiger partial charge < -0.3 is 10.1 Å². The Labute approximate surface area is 102 Å². The standard InChI is InChI=1S/C14H19NO2/c1-9(2)10-4-7-13(17-3)12(8-10)14(16)15-11-5-6-11/h4,7-9,11H,5-6H2,1-3H3,(H,15,16). The van der Waals surface area contributed by atoms with Gasteiger partial charge in [0.05, 0.1) is 12.7 Å². The molecule has 0 spiro atoms. The summed E-state index contributed by atoms with van der Waals surface area (Å²) in [7, 11) is 1.60. The molecule has 3 heteroatoms. The number of amides is 1. The van der Waals surface area contributed by atoms with Crippen molar-refractivity contribution in [1.29, 1.82) is 0 Å². The Balaban J connectivity index is 2.27. The lowest BCUT2D eigenvalue weighted by Gasteiger charge is -2.12. The quantitative estimate of drug-likeness (QED) is 0.868. The van der Waals surface area contributed by atoms with Crippen LogP contribution >= 0.6 is 0 Å². The van der Waals surface area contributed by atoms with E-state index in [0.717, 1.165) is 18.4 Å². The Morgan fingerprint density at radius 3 is 2.65 bits per heavy atom. The van der Waals surface area contributed by atoms with Crippen LogP contribution in [-0.2, 0) is 0 Å². The van der Waals surface area contributed by atoms with E-state index in [-0.39, 0.29) is 5.91 Å². The molecule has 1 fully saturated rings. The smallest absolute Gasteiger partial charge is 0.255 e. The molecule has 0 radical (unpaired) electrons. The van der Waals surface area contributed by atoms with Gasteiger partial charge in [-0.1, -0.05) is 19.9 Å². The first kappa shape index (κ1) is 12.0. The van der Waals surface area contributed by atoms with E-state index in [9.17, 15) is 4.79 Å². The van der Waals surface area contributed by atoms with Crippen molar-refractivity contribution < 1.29 is 9.53 Å². The van der Waals surface area contributed by atoms with E-state index in [2.05, 4.69) is 19.2 Å². The molecule has 0 atom stereocenters. The van der Waals surface area contributed by atoms with E-state index in [1.54, 1.807) is 7.11 Å². The zero-order valence-electron chi connectivity index (χ0n) is 10.6. The lowest BCUT2D eigenvalue weighted by atomic mass is 10.00. The van der Waals surface area contributed by atoms with Crippen molar-refractivity contribution >= 4 is 5.91 Å². The summed E-state index contributed by atoms with van der Waals surface area (Å²) in [6.07, 6.45) is 2.19. The van der Waals surface area contributed by atoms with Crippen LogP contribution in [0.4, 0.5) is 0 Å². The topological polar surface area (TPSA) is 38.3 Å². The fraction of sp³-hybridized carbons (Fsp3) is 0.500. The molecule has 92 valence electrons. The second-order valence-electron chi connectivity index (χ2n) is 4.86. The van der Waals surface area contributed by atoms with Crippen LogP contribution in [0.3, 0.4) is 0 Å². The summed E-state index contributed by atoms with van der Waals surface area (Å²) < 4.78 is 5.24. The number of hydrogen-bond donors (Lipinski definition) is 1. The van der Waals surface area contributed by atoms with Gasteiger partial charge in [-0.05, 0) is 36.5 Å². The van der Waals surface area contributed by atoms with E-state index in [0.29, 0.717) is 23.3 Å². The molecule has 1 aromatic carbocycles. The van der Waals surface area contributed by atoms with Crippen LogP contribution in [0.2, 0.25) is 0 Å². The van der Waals surface area contributed by atoms with E-state index in [1.807, 2.05) is 18.2 Å². The van der Waals surface area contributed by atoms with E-state index in [4.69, 9.17) is 4.74 Å². The molecule has 0 aromatic heterocycles. The lowest BCUT2D eigenvalue weighted by molar-refractivity contribution is 0.0948. The van der Waals surface area contributed by atoms with Crippen LogP contribution in [-0.4, -0.2) is 19.1 Å². The third kappa shape index (κ3) is 2.78. The Hall–Kier alpha value is -1.51. The maximum atomic E-state index is 12.1. The molecule has 1 aliphatic rings. The third-order valence-corrected chi connectivity index (χ3v) is 3.05. The zero-order valence-corrected chi connectivity index (χ0v) is 10.6. The summed E-state index contributed by atoms with van der Waals surface area (Å²) in [6.45, 7) is 4.23. The number of methoxy groups -OCH3 is 1. The Bertz CT molecular complexity index is 422. The average Bonchev–Trinajstić information content (AvgIpc) is 3.11. The Morgan fingerprint density at radius 1 is 1.41 bits per heavy atom. The number of carbonyl (C=O) groups excluding carboxylic acids is 1. The normalized spacial score (nSPS) is 14.8. The maximum absolute atomic E-state index is 12.1. The van der Waals surface area contributed by atoms with Crippen molar-refractivity contribution in [3.63, 3.8) is 0 Å². The van der Waals surface area contributed by atoms with Gasteiger partial charge in [-0.15, -0.1) is 0 Å². The number of ether oxygens (including phenoxy) is 1. The molecule has 1 N–H and O–H groups in total. The number of nitrogens with one attached hydrogen (secondary N) is 1. The highest BCUT2D eigenvalue weighted by Gasteiger charge is 2.25. The molecule has 1 aromatic rings. The second-order valence-corrected chi connectivity index (χ2v) is 4.86. The molecule has 2 rings (SSSR count). The summed E-state index contributed by atoms with van der Waals surface area (Å²) >= 11 is 0. The van der Waals surface area contributed by atoms with Gasteiger partial charge in [0.25, 0.3) is 5.91 Å². The van der Waals surface area contributed by atoms with E-state index in [1.165, 1.54) is 0 Å². The van der Waals surface area contributed by atoms with Gasteiger partial charge in [0.1, 0.15) is 5.75 Å². The summed E-state index contributed by atoms with van der Waals surface area (Å²) in [6, 6.07) is 6.19. The summed E-state index contributed by atoms with van der Waals surface area (Å²) in [5.41, 5.74) is 1.80. The SMILES string of the molecule is COc1ccc(C(C)C)cc1C(=O)NC1CC1. The first-order valence-electron chi connectivity index (χ1n) is 6.10. The van der Waals surface area contributed by atoms with Crippen LogP contribution in [0.25, 0.3) is 0 Å². The molecule has 1 saturated carbocycles. The summed E-state index contributed by atoms with van der Waals surface area (Å²) in [5.74, 6) is 1.03. The van der Waals surface area contributed by atoms with Crippen LogP contribution in [0.15, 0.2) is 18.2 Å². The highest BCUT2D eigenvalue weighted by molar-refractivity contribution is 5.97. The highest BCUT2D eigenvalue weighted by atomic mass is 16.5. The molecule has 0 aliphatic heterocycles. The molecule has 1 amide bonds. The minimum absolute atomic E-state index is 0.0214. The number of rotatable bonds is 4. The fourth-order valence-corrected chi connectivity index (χ4v) is 1.75. The van der Waals surface area contributed by atoms with Gasteiger partial charge in [0.2, 0.25) is 0 Å². The van der Waals surface area contributed by atoms with Crippen molar-refractivity contribution in [1.82, 2.24) is 5.32 Å². The first-order valence-corrected chi connectivity index (χ1v) is 6.10. The van der Waals surface area contributed by atoms with Crippen LogP contribution in [0.5, 0.6) is 5.75 Å².